The van der Waals surface area contributed by atoms with E-state index in [1.165, 1.54) is 12.1 Å². The minimum atomic E-state index is -2.91. The molecule has 28 heavy (non-hydrogen) atoms. The van der Waals surface area contributed by atoms with Gasteiger partial charge in [0.05, 0.1) is 22.4 Å². The summed E-state index contributed by atoms with van der Waals surface area (Å²) in [6, 6.07) is 7.78. The highest BCUT2D eigenvalue weighted by atomic mass is 19.3. The standard InChI is InChI=1S/C19H19F2N5O2/c1-10-8-15(16-12(3)25-26(4)17(16)22-10)18(27)24-23-11(2)13-6-5-7-14(9-13)28-19(20)21/h5-9,19H,1-4H3,(H,24,27)/b23-11+. The monoisotopic (exact) mass is 387 g/mol. The highest BCUT2D eigenvalue weighted by molar-refractivity contribution is 6.07. The number of alkyl halides is 2. The van der Waals surface area contributed by atoms with Crippen LogP contribution in [0.5, 0.6) is 5.75 Å². The molecule has 1 N–H and O–H groups in total. The first-order valence-electron chi connectivity index (χ1n) is 8.47. The lowest BCUT2D eigenvalue weighted by Gasteiger charge is -2.08. The third-order valence-electron chi connectivity index (χ3n) is 4.14. The predicted molar refractivity (Wildman–Crippen MR) is 101 cm³/mol. The molecule has 0 saturated carbocycles. The fourth-order valence-electron chi connectivity index (χ4n) is 2.91. The average molecular weight is 387 g/mol. The van der Waals surface area contributed by atoms with Crippen LogP contribution in [-0.4, -0.2) is 33.0 Å². The maximum atomic E-state index is 12.7. The van der Waals surface area contributed by atoms with Crippen molar-refractivity contribution in [1.82, 2.24) is 20.2 Å². The number of amides is 1. The van der Waals surface area contributed by atoms with Crippen molar-refractivity contribution in [2.75, 3.05) is 0 Å². The van der Waals surface area contributed by atoms with Crippen molar-refractivity contribution in [2.24, 2.45) is 12.1 Å². The number of hydrazone groups is 1. The molecule has 0 unspecified atom stereocenters. The summed E-state index contributed by atoms with van der Waals surface area (Å²) in [5.74, 6) is -0.392. The fraction of sp³-hybridized carbons (Fsp3) is 0.263. The number of nitrogens with zero attached hydrogens (tertiary/aromatic N) is 4. The van der Waals surface area contributed by atoms with Crippen molar-refractivity contribution < 1.29 is 18.3 Å². The second kappa shape index (κ2) is 7.71. The molecular formula is C19H19F2N5O2. The van der Waals surface area contributed by atoms with E-state index in [1.807, 2.05) is 0 Å². The molecular weight excluding hydrogens is 368 g/mol. The van der Waals surface area contributed by atoms with Gasteiger partial charge in [-0.2, -0.15) is 19.0 Å². The van der Waals surface area contributed by atoms with E-state index in [9.17, 15) is 13.6 Å². The summed E-state index contributed by atoms with van der Waals surface area (Å²) in [5.41, 5.74) is 5.89. The van der Waals surface area contributed by atoms with Crippen LogP contribution in [0.4, 0.5) is 8.78 Å². The van der Waals surface area contributed by atoms with Crippen LogP contribution < -0.4 is 10.2 Å². The lowest BCUT2D eigenvalue weighted by Crippen LogP contribution is -2.20. The van der Waals surface area contributed by atoms with Crippen LogP contribution in [0.25, 0.3) is 11.0 Å². The zero-order valence-corrected chi connectivity index (χ0v) is 15.8. The highest BCUT2D eigenvalue weighted by Gasteiger charge is 2.17. The van der Waals surface area contributed by atoms with Gasteiger partial charge in [-0.25, -0.2) is 10.4 Å². The third kappa shape index (κ3) is 3.98. The molecule has 146 valence electrons. The molecule has 2 heterocycles. The zero-order valence-electron chi connectivity index (χ0n) is 15.8. The number of ether oxygens (including phenoxy) is 1. The number of hydrogen-bond donors (Lipinski definition) is 1. The number of benzene rings is 1. The molecule has 0 saturated heterocycles. The van der Waals surface area contributed by atoms with Gasteiger partial charge in [0.1, 0.15) is 5.75 Å². The molecule has 3 aromatic rings. The van der Waals surface area contributed by atoms with Crippen LogP contribution in [0.1, 0.15) is 34.2 Å². The van der Waals surface area contributed by atoms with Gasteiger partial charge in [0.2, 0.25) is 0 Å². The lowest BCUT2D eigenvalue weighted by atomic mass is 10.1. The van der Waals surface area contributed by atoms with Crippen LogP contribution in [-0.2, 0) is 7.05 Å². The van der Waals surface area contributed by atoms with Crippen molar-refractivity contribution >= 4 is 22.7 Å². The Hall–Kier alpha value is -3.36. The Morgan fingerprint density at radius 2 is 2.04 bits per heavy atom. The maximum Gasteiger partial charge on any atom is 0.387 e. The van der Waals surface area contributed by atoms with Crippen LogP contribution >= 0.6 is 0 Å². The summed E-state index contributed by atoms with van der Waals surface area (Å²) in [5, 5.41) is 9.06. The quantitative estimate of drug-likeness (QED) is 0.538. The Morgan fingerprint density at radius 3 is 2.75 bits per heavy atom. The largest absolute Gasteiger partial charge is 0.435 e. The van der Waals surface area contributed by atoms with Gasteiger partial charge >= 0.3 is 6.61 Å². The van der Waals surface area contributed by atoms with E-state index in [4.69, 9.17) is 0 Å². The Morgan fingerprint density at radius 1 is 1.29 bits per heavy atom. The molecule has 0 aliphatic rings. The topological polar surface area (TPSA) is 81.4 Å². The smallest absolute Gasteiger partial charge is 0.387 e. The summed E-state index contributed by atoms with van der Waals surface area (Å²) >= 11 is 0. The minimum absolute atomic E-state index is 0.0193. The first kappa shape index (κ1) is 19.4. The summed E-state index contributed by atoms with van der Waals surface area (Å²) in [6.45, 7) is 2.35. The SMILES string of the molecule is C/C(=N\NC(=O)c1cc(C)nc2c1c(C)nn2C)c1cccc(OC(F)F)c1. The van der Waals surface area contributed by atoms with E-state index in [0.29, 0.717) is 39.3 Å². The molecule has 0 aliphatic carbocycles. The molecule has 9 heteroatoms. The van der Waals surface area contributed by atoms with Crippen LogP contribution in [0.15, 0.2) is 35.4 Å². The normalized spacial score (nSPS) is 11.9. The first-order chi connectivity index (χ1) is 13.3. The van der Waals surface area contributed by atoms with E-state index in [-0.39, 0.29) is 5.75 Å². The molecule has 0 radical (unpaired) electrons. The molecule has 0 spiro atoms. The molecule has 0 bridgehead atoms. The molecule has 3 rings (SSSR count). The van der Waals surface area contributed by atoms with Crippen molar-refractivity contribution in [1.29, 1.82) is 0 Å². The van der Waals surface area contributed by atoms with Gasteiger partial charge < -0.3 is 4.74 Å². The van der Waals surface area contributed by atoms with Crippen molar-refractivity contribution in [3.05, 3.63) is 52.8 Å². The number of fused-ring (bicyclic) bond motifs is 1. The number of carbonyl (C=O) groups is 1. The van der Waals surface area contributed by atoms with Crippen molar-refractivity contribution in [2.45, 2.75) is 27.4 Å². The van der Waals surface area contributed by atoms with E-state index in [2.05, 4.69) is 25.3 Å². The maximum absolute atomic E-state index is 12.7. The predicted octanol–water partition coefficient (Wildman–Crippen LogP) is 3.34. The fourth-order valence-corrected chi connectivity index (χ4v) is 2.91. The number of halogens is 2. The molecule has 0 atom stereocenters. The Bertz CT molecular complexity index is 1080. The van der Waals surface area contributed by atoms with E-state index >= 15 is 0 Å². The third-order valence-corrected chi connectivity index (χ3v) is 4.14. The number of hydrogen-bond acceptors (Lipinski definition) is 5. The van der Waals surface area contributed by atoms with Crippen molar-refractivity contribution in [3.8, 4) is 5.75 Å². The summed E-state index contributed by atoms with van der Waals surface area (Å²) in [4.78, 5) is 17.1. The molecule has 1 amide bonds. The minimum Gasteiger partial charge on any atom is -0.435 e. The Labute approximate surface area is 160 Å². The van der Waals surface area contributed by atoms with Gasteiger partial charge in [-0.3, -0.25) is 9.48 Å². The second-order valence-corrected chi connectivity index (χ2v) is 6.26. The molecule has 0 fully saturated rings. The van der Waals surface area contributed by atoms with E-state index in [0.717, 1.165) is 0 Å². The van der Waals surface area contributed by atoms with Crippen LogP contribution in [0.3, 0.4) is 0 Å². The van der Waals surface area contributed by atoms with Gasteiger partial charge in [0.15, 0.2) is 5.65 Å². The summed E-state index contributed by atoms with van der Waals surface area (Å²) in [6.07, 6.45) is 0. The Balaban J connectivity index is 1.87. The van der Waals surface area contributed by atoms with Gasteiger partial charge in [-0.1, -0.05) is 12.1 Å². The number of nitrogens with one attached hydrogen (secondary N) is 1. The van der Waals surface area contributed by atoms with Gasteiger partial charge in [0, 0.05) is 18.3 Å². The molecule has 0 aliphatic heterocycles. The zero-order chi connectivity index (χ0) is 20.4. The lowest BCUT2D eigenvalue weighted by molar-refractivity contribution is -0.0498. The number of carbonyl (C=O) groups excluding carboxylic acids is 1. The highest BCUT2D eigenvalue weighted by Crippen LogP contribution is 2.21. The average Bonchev–Trinajstić information content (AvgIpc) is 2.92. The molecule has 1 aromatic carbocycles. The molecule has 2 aromatic heterocycles. The number of aryl methyl sites for hydroxylation is 3. The van der Waals surface area contributed by atoms with Gasteiger partial charge in [0.25, 0.3) is 5.91 Å². The van der Waals surface area contributed by atoms with Crippen molar-refractivity contribution in [3.63, 3.8) is 0 Å². The molecule has 7 nitrogen and oxygen atoms in total. The second-order valence-electron chi connectivity index (χ2n) is 6.26. The van der Waals surface area contributed by atoms with Gasteiger partial charge in [-0.05, 0) is 39.0 Å². The van der Waals surface area contributed by atoms with E-state index in [1.54, 1.807) is 50.7 Å². The Kier molecular flexibility index (Phi) is 5.34. The summed E-state index contributed by atoms with van der Waals surface area (Å²) in [7, 11) is 1.76. The number of pyridine rings is 1. The van der Waals surface area contributed by atoms with E-state index < -0.39 is 12.5 Å². The van der Waals surface area contributed by atoms with Crippen LogP contribution in [0.2, 0.25) is 0 Å². The van der Waals surface area contributed by atoms with Gasteiger partial charge in [-0.15, -0.1) is 0 Å². The number of rotatable bonds is 5. The summed E-state index contributed by atoms with van der Waals surface area (Å²) < 4.78 is 30.7. The van der Waals surface area contributed by atoms with Crippen LogP contribution in [0, 0.1) is 13.8 Å². The number of aromatic nitrogens is 3. The first-order valence-corrected chi connectivity index (χ1v) is 8.47.